The molecule has 6 nitrogen and oxygen atoms in total. The first-order valence-electron chi connectivity index (χ1n) is 9.59. The molecule has 2 aromatic rings. The van der Waals surface area contributed by atoms with Crippen LogP contribution in [-0.4, -0.2) is 34.7 Å². The minimum absolute atomic E-state index is 0.0264. The minimum atomic E-state index is -0.221. The molecule has 3 rings (SSSR count). The summed E-state index contributed by atoms with van der Waals surface area (Å²) in [6, 6.07) is 7.71. The summed E-state index contributed by atoms with van der Waals surface area (Å²) >= 11 is 5.97. The van der Waals surface area contributed by atoms with Crippen molar-refractivity contribution in [2.24, 2.45) is 5.92 Å². The third-order valence-corrected chi connectivity index (χ3v) is 5.63. The second-order valence-electron chi connectivity index (χ2n) is 8.10. The molecule has 2 N–H and O–H groups in total. The molecule has 2 heterocycles. The Bertz CT molecular complexity index is 858. The highest BCUT2D eigenvalue weighted by Gasteiger charge is 2.27. The molecule has 1 aromatic heterocycles. The van der Waals surface area contributed by atoms with E-state index in [0.29, 0.717) is 29.6 Å². The predicted molar refractivity (Wildman–Crippen MR) is 110 cm³/mol. The van der Waals surface area contributed by atoms with Crippen molar-refractivity contribution < 1.29 is 9.59 Å². The summed E-state index contributed by atoms with van der Waals surface area (Å²) in [5, 5.41) is 11.0. The Kier molecular flexibility index (Phi) is 6.08. The average Bonchev–Trinajstić information content (AvgIpc) is 3.08. The number of fused-ring (bicyclic) bond motifs is 1. The van der Waals surface area contributed by atoms with Gasteiger partial charge in [-0.3, -0.25) is 14.3 Å². The normalized spacial score (nSPS) is 16.4. The van der Waals surface area contributed by atoms with Crippen LogP contribution in [-0.2, 0) is 23.2 Å². The molecule has 7 heteroatoms. The van der Waals surface area contributed by atoms with Crippen LogP contribution < -0.4 is 10.6 Å². The molecule has 0 bridgehead atoms. The summed E-state index contributed by atoms with van der Waals surface area (Å²) in [6.45, 7) is 7.61. The van der Waals surface area contributed by atoms with Gasteiger partial charge < -0.3 is 10.6 Å². The van der Waals surface area contributed by atoms with E-state index in [1.54, 1.807) is 6.20 Å². The second kappa shape index (κ2) is 8.35. The Labute approximate surface area is 170 Å². The smallest absolute Gasteiger partial charge is 0.254 e. The number of nitrogens with one attached hydrogen (secondary N) is 2. The average molecular weight is 403 g/mol. The Hall–Kier alpha value is -2.34. The van der Waals surface area contributed by atoms with Gasteiger partial charge in [-0.2, -0.15) is 5.10 Å². The highest BCUT2D eigenvalue weighted by molar-refractivity contribution is 6.30. The molecule has 1 atom stereocenters. The van der Waals surface area contributed by atoms with Gasteiger partial charge in [0.15, 0.2) is 0 Å². The van der Waals surface area contributed by atoms with Gasteiger partial charge in [-0.1, -0.05) is 37.6 Å². The number of aryl methyl sites for hydroxylation is 1. The molecule has 0 radical (unpaired) electrons. The number of carbonyl (C=O) groups excluding carboxylic acids is 2. The first-order valence-corrected chi connectivity index (χ1v) is 9.97. The lowest BCUT2D eigenvalue weighted by Crippen LogP contribution is -2.37. The fourth-order valence-corrected chi connectivity index (χ4v) is 3.68. The molecule has 1 unspecified atom stereocenters. The van der Waals surface area contributed by atoms with Crippen LogP contribution in [0.2, 0.25) is 5.02 Å². The topological polar surface area (TPSA) is 76.0 Å². The number of halogens is 1. The van der Waals surface area contributed by atoms with Gasteiger partial charge in [0.05, 0.1) is 17.5 Å². The SMILES string of the molecule is CC(=O)NCC1CCn2ncc(C(=O)NCC(C)(C)c3ccc(Cl)cc3)c2C1. The lowest BCUT2D eigenvalue weighted by atomic mass is 9.84. The quantitative estimate of drug-likeness (QED) is 0.779. The van der Waals surface area contributed by atoms with Crippen molar-refractivity contribution >= 4 is 23.4 Å². The highest BCUT2D eigenvalue weighted by atomic mass is 35.5. The van der Waals surface area contributed by atoms with Crippen LogP contribution in [0.15, 0.2) is 30.5 Å². The molecule has 28 heavy (non-hydrogen) atoms. The van der Waals surface area contributed by atoms with Crippen molar-refractivity contribution in [2.45, 2.75) is 45.6 Å². The summed E-state index contributed by atoms with van der Waals surface area (Å²) in [5.41, 5.74) is 2.47. The van der Waals surface area contributed by atoms with E-state index >= 15 is 0 Å². The standard InChI is InChI=1S/C21H27ClN4O2/c1-14(27)23-11-15-8-9-26-19(10-15)18(12-25-26)20(28)24-13-21(2,3)16-4-6-17(22)7-5-16/h4-7,12,15H,8-11,13H2,1-3H3,(H,23,27)(H,24,28). The third-order valence-electron chi connectivity index (χ3n) is 5.38. The fraction of sp³-hybridized carbons (Fsp3) is 0.476. The van der Waals surface area contributed by atoms with Crippen LogP contribution in [0.1, 0.15) is 48.8 Å². The van der Waals surface area contributed by atoms with Crippen LogP contribution in [0.3, 0.4) is 0 Å². The predicted octanol–water partition coefficient (Wildman–Crippen LogP) is 2.94. The van der Waals surface area contributed by atoms with Crippen LogP contribution in [0, 0.1) is 5.92 Å². The second-order valence-corrected chi connectivity index (χ2v) is 8.53. The molecular formula is C21H27ClN4O2. The van der Waals surface area contributed by atoms with E-state index in [2.05, 4.69) is 29.6 Å². The molecule has 1 aliphatic heterocycles. The number of aromatic nitrogens is 2. The van der Waals surface area contributed by atoms with Gasteiger partial charge in [0.25, 0.3) is 5.91 Å². The van der Waals surface area contributed by atoms with Gasteiger partial charge in [0.1, 0.15) is 0 Å². The van der Waals surface area contributed by atoms with E-state index in [0.717, 1.165) is 30.6 Å². The zero-order valence-electron chi connectivity index (χ0n) is 16.6. The lowest BCUT2D eigenvalue weighted by Gasteiger charge is -2.26. The maximum absolute atomic E-state index is 12.8. The first kappa shape index (κ1) is 20.4. The number of hydrogen-bond acceptors (Lipinski definition) is 3. The number of nitrogens with zero attached hydrogens (tertiary/aromatic N) is 2. The molecule has 0 spiro atoms. The molecule has 0 saturated heterocycles. The number of carbonyl (C=O) groups is 2. The number of hydrogen-bond donors (Lipinski definition) is 2. The van der Waals surface area contributed by atoms with Crippen LogP contribution in [0.5, 0.6) is 0 Å². The minimum Gasteiger partial charge on any atom is -0.356 e. The molecule has 2 amide bonds. The molecule has 0 fully saturated rings. The monoisotopic (exact) mass is 402 g/mol. The maximum Gasteiger partial charge on any atom is 0.254 e. The summed E-state index contributed by atoms with van der Waals surface area (Å²) in [4.78, 5) is 24.0. The lowest BCUT2D eigenvalue weighted by molar-refractivity contribution is -0.119. The van der Waals surface area contributed by atoms with E-state index in [1.807, 2.05) is 28.9 Å². The van der Waals surface area contributed by atoms with E-state index < -0.39 is 0 Å². The van der Waals surface area contributed by atoms with Crippen molar-refractivity contribution in [1.29, 1.82) is 0 Å². The van der Waals surface area contributed by atoms with E-state index in [9.17, 15) is 9.59 Å². The molecule has 0 aliphatic carbocycles. The number of amides is 2. The maximum atomic E-state index is 12.8. The summed E-state index contributed by atoms with van der Waals surface area (Å²) in [6.07, 6.45) is 3.34. The first-order chi connectivity index (χ1) is 13.3. The van der Waals surface area contributed by atoms with Crippen LogP contribution in [0.25, 0.3) is 0 Å². The zero-order chi connectivity index (χ0) is 20.3. The third kappa shape index (κ3) is 4.73. The van der Waals surface area contributed by atoms with Crippen LogP contribution >= 0.6 is 11.6 Å². The summed E-state index contributed by atoms with van der Waals surface area (Å²) in [7, 11) is 0. The Morgan fingerprint density at radius 3 is 2.64 bits per heavy atom. The van der Waals surface area contributed by atoms with Gasteiger partial charge in [-0.15, -0.1) is 0 Å². The van der Waals surface area contributed by atoms with Crippen molar-refractivity contribution in [3.05, 3.63) is 52.3 Å². The van der Waals surface area contributed by atoms with Crippen LogP contribution in [0.4, 0.5) is 0 Å². The van der Waals surface area contributed by atoms with E-state index in [4.69, 9.17) is 11.6 Å². The van der Waals surface area contributed by atoms with Gasteiger partial charge >= 0.3 is 0 Å². The van der Waals surface area contributed by atoms with Gasteiger partial charge in [0.2, 0.25) is 5.91 Å². The molecule has 0 saturated carbocycles. The fourth-order valence-electron chi connectivity index (χ4n) is 3.55. The summed E-state index contributed by atoms with van der Waals surface area (Å²) < 4.78 is 1.91. The Morgan fingerprint density at radius 2 is 1.96 bits per heavy atom. The molecular weight excluding hydrogens is 376 g/mol. The molecule has 1 aliphatic rings. The van der Waals surface area contributed by atoms with E-state index in [1.165, 1.54) is 6.92 Å². The van der Waals surface area contributed by atoms with Crippen molar-refractivity contribution in [3.63, 3.8) is 0 Å². The Balaban J connectivity index is 1.65. The van der Waals surface area contributed by atoms with Crippen molar-refractivity contribution in [3.8, 4) is 0 Å². The number of rotatable bonds is 6. The molecule has 1 aromatic carbocycles. The van der Waals surface area contributed by atoms with Gasteiger partial charge in [0, 0.05) is 37.0 Å². The number of benzene rings is 1. The van der Waals surface area contributed by atoms with Crippen molar-refractivity contribution in [2.75, 3.05) is 13.1 Å². The van der Waals surface area contributed by atoms with Crippen molar-refractivity contribution in [1.82, 2.24) is 20.4 Å². The Morgan fingerprint density at radius 1 is 1.25 bits per heavy atom. The van der Waals surface area contributed by atoms with Gasteiger partial charge in [-0.05, 0) is 36.5 Å². The summed E-state index contributed by atoms with van der Waals surface area (Å²) in [5.74, 6) is 0.190. The van der Waals surface area contributed by atoms with E-state index in [-0.39, 0.29) is 17.2 Å². The largest absolute Gasteiger partial charge is 0.356 e. The molecule has 150 valence electrons. The zero-order valence-corrected chi connectivity index (χ0v) is 17.3. The highest BCUT2D eigenvalue weighted by Crippen LogP contribution is 2.25. The van der Waals surface area contributed by atoms with Gasteiger partial charge in [-0.25, -0.2) is 0 Å².